The Bertz CT molecular complexity index is 1120. The van der Waals surface area contributed by atoms with Gasteiger partial charge in [-0.05, 0) is 69.0 Å². The molecule has 1 aromatic heterocycles. The normalized spacial score (nSPS) is 18.6. The van der Waals surface area contributed by atoms with E-state index in [9.17, 15) is 0 Å². The fourth-order valence-electron chi connectivity index (χ4n) is 5.42. The Balaban J connectivity index is 1.41. The van der Waals surface area contributed by atoms with Crippen LogP contribution in [0.5, 0.6) is 0 Å². The SMILES string of the molecule is CN(C)c1ccc2cnc(Nc3ccc(N4CCNC(C)(C)C4)cc3)nc2c1C1CCCC1. The number of hydrogen-bond donors (Lipinski definition) is 2. The quantitative estimate of drug-likeness (QED) is 0.558. The topological polar surface area (TPSA) is 56.3 Å². The first-order chi connectivity index (χ1) is 15.9. The summed E-state index contributed by atoms with van der Waals surface area (Å²) in [6.45, 7) is 7.56. The average Bonchev–Trinajstić information content (AvgIpc) is 3.32. The largest absolute Gasteiger partial charge is 0.377 e. The summed E-state index contributed by atoms with van der Waals surface area (Å²) in [4.78, 5) is 14.3. The molecule has 0 amide bonds. The molecule has 6 heteroatoms. The molecule has 0 unspecified atom stereocenters. The van der Waals surface area contributed by atoms with Crippen LogP contribution in [0.2, 0.25) is 0 Å². The zero-order valence-corrected chi connectivity index (χ0v) is 20.4. The number of fused-ring (bicyclic) bond motifs is 1. The molecular weight excluding hydrogens is 408 g/mol. The van der Waals surface area contributed by atoms with Crippen LogP contribution in [0.1, 0.15) is 51.0 Å². The first-order valence-corrected chi connectivity index (χ1v) is 12.2. The summed E-state index contributed by atoms with van der Waals surface area (Å²) < 4.78 is 0. The van der Waals surface area contributed by atoms with Crippen molar-refractivity contribution in [2.24, 2.45) is 0 Å². The minimum absolute atomic E-state index is 0.135. The smallest absolute Gasteiger partial charge is 0.227 e. The van der Waals surface area contributed by atoms with Crippen molar-refractivity contribution in [3.05, 3.63) is 48.2 Å². The Labute approximate surface area is 197 Å². The molecule has 1 aliphatic heterocycles. The van der Waals surface area contributed by atoms with Gasteiger partial charge in [-0.3, -0.25) is 0 Å². The number of rotatable bonds is 5. The number of anilines is 4. The third kappa shape index (κ3) is 4.62. The standard InChI is InChI=1S/C27H36N6/c1-27(2)18-33(16-15-29-27)22-12-10-21(11-13-22)30-26-28-17-20-9-14-23(32(3)4)24(25(20)31-26)19-7-5-6-8-19/h9-14,17,19,29H,5-8,15-16,18H2,1-4H3,(H,28,30,31). The van der Waals surface area contributed by atoms with Gasteiger partial charge in [0.25, 0.3) is 0 Å². The summed E-state index contributed by atoms with van der Waals surface area (Å²) in [5.74, 6) is 1.24. The van der Waals surface area contributed by atoms with E-state index in [4.69, 9.17) is 4.98 Å². The molecule has 0 spiro atoms. The molecule has 2 fully saturated rings. The van der Waals surface area contributed by atoms with Crippen LogP contribution < -0.4 is 20.4 Å². The Morgan fingerprint density at radius 2 is 1.82 bits per heavy atom. The number of piperazine rings is 1. The minimum Gasteiger partial charge on any atom is -0.377 e. The molecular formula is C27H36N6. The van der Waals surface area contributed by atoms with Crippen LogP contribution in [0.25, 0.3) is 10.9 Å². The number of hydrogen-bond acceptors (Lipinski definition) is 6. The van der Waals surface area contributed by atoms with Crippen LogP contribution in [-0.2, 0) is 0 Å². The van der Waals surface area contributed by atoms with Gasteiger partial charge in [0.1, 0.15) is 0 Å². The second-order valence-electron chi connectivity index (χ2n) is 10.4. The first-order valence-electron chi connectivity index (χ1n) is 12.2. The number of nitrogens with one attached hydrogen (secondary N) is 2. The van der Waals surface area contributed by atoms with Crippen LogP contribution in [0, 0.1) is 0 Å². The van der Waals surface area contributed by atoms with Gasteiger partial charge in [-0.25, -0.2) is 9.97 Å². The minimum atomic E-state index is 0.135. The third-order valence-corrected chi connectivity index (χ3v) is 7.07. The fourth-order valence-corrected chi connectivity index (χ4v) is 5.42. The van der Waals surface area contributed by atoms with Gasteiger partial charge in [0.2, 0.25) is 5.95 Å². The van der Waals surface area contributed by atoms with Gasteiger partial charge in [-0.15, -0.1) is 0 Å². The maximum Gasteiger partial charge on any atom is 0.227 e. The Hall–Kier alpha value is -2.86. The van der Waals surface area contributed by atoms with E-state index in [2.05, 4.69) is 89.8 Å². The van der Waals surface area contributed by atoms with E-state index in [1.807, 2.05) is 6.20 Å². The first kappa shape index (κ1) is 22.0. The summed E-state index contributed by atoms with van der Waals surface area (Å²) >= 11 is 0. The maximum absolute atomic E-state index is 5.02. The molecule has 0 bridgehead atoms. The van der Waals surface area contributed by atoms with E-state index in [1.54, 1.807) is 0 Å². The van der Waals surface area contributed by atoms with E-state index in [-0.39, 0.29) is 5.54 Å². The highest BCUT2D eigenvalue weighted by molar-refractivity contribution is 5.88. The van der Waals surface area contributed by atoms with Gasteiger partial charge < -0.3 is 20.4 Å². The lowest BCUT2D eigenvalue weighted by Gasteiger charge is -2.40. The van der Waals surface area contributed by atoms with E-state index < -0.39 is 0 Å². The molecule has 0 radical (unpaired) electrons. The Kier molecular flexibility index (Phi) is 5.87. The summed E-state index contributed by atoms with van der Waals surface area (Å²) in [7, 11) is 4.25. The summed E-state index contributed by atoms with van der Waals surface area (Å²) in [6, 6.07) is 13.0. The Morgan fingerprint density at radius 1 is 1.06 bits per heavy atom. The summed E-state index contributed by atoms with van der Waals surface area (Å²) in [6.07, 6.45) is 7.06. The number of aromatic nitrogens is 2. The van der Waals surface area contributed by atoms with Gasteiger partial charge in [0, 0.05) is 73.5 Å². The molecule has 1 saturated heterocycles. The van der Waals surface area contributed by atoms with Crippen molar-refractivity contribution >= 4 is 33.9 Å². The van der Waals surface area contributed by atoms with E-state index >= 15 is 0 Å². The van der Waals surface area contributed by atoms with Crippen LogP contribution in [0.3, 0.4) is 0 Å². The van der Waals surface area contributed by atoms with Crippen LogP contribution in [0.15, 0.2) is 42.6 Å². The van der Waals surface area contributed by atoms with Crippen molar-refractivity contribution < 1.29 is 0 Å². The lowest BCUT2D eigenvalue weighted by molar-refractivity contribution is 0.353. The molecule has 6 nitrogen and oxygen atoms in total. The monoisotopic (exact) mass is 444 g/mol. The third-order valence-electron chi connectivity index (χ3n) is 7.07. The zero-order chi connectivity index (χ0) is 23.0. The van der Waals surface area contributed by atoms with Crippen LogP contribution in [0.4, 0.5) is 23.0 Å². The highest BCUT2D eigenvalue weighted by atomic mass is 15.2. The van der Waals surface area contributed by atoms with Crippen molar-refractivity contribution in [1.29, 1.82) is 0 Å². The van der Waals surface area contributed by atoms with Crippen molar-refractivity contribution in [2.75, 3.05) is 48.8 Å². The highest BCUT2D eigenvalue weighted by Gasteiger charge is 2.26. The van der Waals surface area contributed by atoms with E-state index in [1.165, 1.54) is 42.6 Å². The van der Waals surface area contributed by atoms with Gasteiger partial charge in [0.15, 0.2) is 0 Å². The highest BCUT2D eigenvalue weighted by Crippen LogP contribution is 2.42. The molecule has 3 aromatic rings. The lowest BCUT2D eigenvalue weighted by atomic mass is 9.93. The fraction of sp³-hybridized carbons (Fsp3) is 0.481. The van der Waals surface area contributed by atoms with Crippen molar-refractivity contribution in [1.82, 2.24) is 15.3 Å². The van der Waals surface area contributed by atoms with Crippen LogP contribution in [-0.4, -0.2) is 49.2 Å². The molecule has 174 valence electrons. The second-order valence-corrected chi connectivity index (χ2v) is 10.4. The lowest BCUT2D eigenvalue weighted by Crippen LogP contribution is -2.57. The molecule has 33 heavy (non-hydrogen) atoms. The van der Waals surface area contributed by atoms with E-state index in [0.717, 1.165) is 36.2 Å². The average molecular weight is 445 g/mol. The molecule has 2 aliphatic rings. The number of benzene rings is 2. The molecule has 5 rings (SSSR count). The molecule has 2 aromatic carbocycles. The van der Waals surface area contributed by atoms with Gasteiger partial charge in [0.05, 0.1) is 5.52 Å². The maximum atomic E-state index is 5.02. The van der Waals surface area contributed by atoms with Crippen molar-refractivity contribution in [3.8, 4) is 0 Å². The molecule has 2 N–H and O–H groups in total. The van der Waals surface area contributed by atoms with Gasteiger partial charge >= 0.3 is 0 Å². The van der Waals surface area contributed by atoms with E-state index in [0.29, 0.717) is 11.9 Å². The molecule has 1 aliphatic carbocycles. The van der Waals surface area contributed by atoms with Gasteiger partial charge in [-0.2, -0.15) is 0 Å². The molecule has 1 saturated carbocycles. The predicted octanol–water partition coefficient (Wildman–Crippen LogP) is 5.29. The molecule has 0 atom stereocenters. The number of nitrogens with zero attached hydrogens (tertiary/aromatic N) is 4. The summed E-state index contributed by atoms with van der Waals surface area (Å²) in [5.41, 5.74) is 6.16. The summed E-state index contributed by atoms with van der Waals surface area (Å²) in [5, 5.41) is 8.14. The van der Waals surface area contributed by atoms with Crippen molar-refractivity contribution in [3.63, 3.8) is 0 Å². The molecule has 2 heterocycles. The zero-order valence-electron chi connectivity index (χ0n) is 20.4. The second kappa shape index (κ2) is 8.82. The van der Waals surface area contributed by atoms with Crippen LogP contribution >= 0.6 is 0 Å². The van der Waals surface area contributed by atoms with Gasteiger partial charge in [-0.1, -0.05) is 12.8 Å². The van der Waals surface area contributed by atoms with Crippen molar-refractivity contribution in [2.45, 2.75) is 51.0 Å². The Morgan fingerprint density at radius 3 is 2.52 bits per heavy atom. The predicted molar refractivity (Wildman–Crippen MR) is 139 cm³/mol.